The van der Waals surface area contributed by atoms with Crippen LogP contribution in [0.3, 0.4) is 0 Å². The molecule has 0 atom stereocenters. The van der Waals surface area contributed by atoms with Crippen LogP contribution in [0.4, 0.5) is 5.69 Å². The molecule has 0 saturated carbocycles. The molecule has 0 bridgehead atoms. The predicted molar refractivity (Wildman–Crippen MR) is 94.5 cm³/mol. The molecule has 26 heavy (non-hydrogen) atoms. The van der Waals surface area contributed by atoms with Gasteiger partial charge in [0.2, 0.25) is 5.75 Å². The van der Waals surface area contributed by atoms with Crippen molar-refractivity contribution >= 4 is 17.8 Å². The van der Waals surface area contributed by atoms with E-state index in [-0.39, 0.29) is 37.0 Å². The van der Waals surface area contributed by atoms with Crippen molar-refractivity contribution in [3.8, 4) is 11.5 Å². The number of rotatable bonds is 7. The summed E-state index contributed by atoms with van der Waals surface area (Å²) in [6.07, 6.45) is 3.16. The Bertz CT molecular complexity index is 821. The minimum absolute atomic E-state index is 0.218. The molecule has 8 heteroatoms. The van der Waals surface area contributed by atoms with Gasteiger partial charge in [-0.2, -0.15) is 0 Å². The van der Waals surface area contributed by atoms with Gasteiger partial charge in [0.05, 0.1) is 31.9 Å². The minimum atomic E-state index is -0.653. The van der Waals surface area contributed by atoms with Gasteiger partial charge in [-0.1, -0.05) is 12.2 Å². The number of nitro groups is 1. The zero-order valence-corrected chi connectivity index (χ0v) is 14.0. The van der Waals surface area contributed by atoms with Crippen molar-refractivity contribution in [1.29, 1.82) is 0 Å². The largest absolute Gasteiger partial charge is 0.504 e. The second kappa shape index (κ2) is 8.43. The fraction of sp³-hybridized carbons (Fsp3) is 0.222. The fourth-order valence-electron chi connectivity index (χ4n) is 2.66. The maximum atomic E-state index is 11.1. The second-order valence-corrected chi connectivity index (χ2v) is 5.47. The summed E-state index contributed by atoms with van der Waals surface area (Å²) in [6, 6.07) is 5.86. The molecule has 2 aromatic carbocycles. The van der Waals surface area contributed by atoms with Crippen LogP contribution in [0.5, 0.6) is 11.5 Å². The molecule has 2 aromatic rings. The molecular formula is C18H19NO7. The van der Waals surface area contributed by atoms with E-state index in [1.807, 2.05) is 0 Å². The van der Waals surface area contributed by atoms with Crippen molar-refractivity contribution < 1.29 is 30.1 Å². The molecule has 0 saturated heterocycles. The molecule has 0 unspecified atom stereocenters. The van der Waals surface area contributed by atoms with Gasteiger partial charge in [0, 0.05) is 6.07 Å². The Labute approximate surface area is 149 Å². The van der Waals surface area contributed by atoms with E-state index < -0.39 is 4.92 Å². The monoisotopic (exact) mass is 361 g/mol. The normalized spacial score (nSPS) is 11.1. The summed E-state index contributed by atoms with van der Waals surface area (Å²) in [6.45, 7) is -0.924. The molecule has 0 heterocycles. The molecular weight excluding hydrogens is 342 g/mol. The van der Waals surface area contributed by atoms with Gasteiger partial charge in [0.25, 0.3) is 0 Å². The lowest BCUT2D eigenvalue weighted by Crippen LogP contribution is -2.01. The van der Waals surface area contributed by atoms with Crippen molar-refractivity contribution in [3.05, 3.63) is 62.2 Å². The molecule has 138 valence electrons. The third-order valence-electron chi connectivity index (χ3n) is 3.90. The highest BCUT2D eigenvalue weighted by Gasteiger charge is 2.19. The summed E-state index contributed by atoms with van der Waals surface area (Å²) in [5.74, 6) is -0.575. The Hall–Kier alpha value is -2.94. The molecule has 0 aromatic heterocycles. The lowest BCUT2D eigenvalue weighted by atomic mass is 9.98. The lowest BCUT2D eigenvalue weighted by molar-refractivity contribution is -0.385. The van der Waals surface area contributed by atoms with E-state index >= 15 is 0 Å². The number of aromatic hydroxyl groups is 1. The number of phenols is 1. The zero-order valence-electron chi connectivity index (χ0n) is 14.0. The van der Waals surface area contributed by atoms with E-state index in [4.69, 9.17) is 4.74 Å². The number of phenolic OH excluding ortho intramolecular Hbond substituents is 1. The molecule has 0 aliphatic rings. The third kappa shape index (κ3) is 3.99. The first kappa shape index (κ1) is 19.4. The van der Waals surface area contributed by atoms with Gasteiger partial charge >= 0.3 is 5.69 Å². The first-order chi connectivity index (χ1) is 12.4. The number of methoxy groups -OCH3 is 1. The first-order valence-corrected chi connectivity index (χ1v) is 7.65. The van der Waals surface area contributed by atoms with E-state index in [9.17, 15) is 30.5 Å². The van der Waals surface area contributed by atoms with Crippen LogP contribution in [-0.4, -0.2) is 32.5 Å². The molecule has 0 aliphatic carbocycles. The van der Waals surface area contributed by atoms with E-state index in [1.165, 1.54) is 19.2 Å². The summed E-state index contributed by atoms with van der Waals surface area (Å²) in [7, 11) is 1.23. The van der Waals surface area contributed by atoms with Gasteiger partial charge in [0.1, 0.15) is 0 Å². The molecule has 0 spiro atoms. The van der Waals surface area contributed by atoms with Gasteiger partial charge in [-0.3, -0.25) is 10.1 Å². The Kier molecular flexibility index (Phi) is 6.29. The maximum absolute atomic E-state index is 11.1. The number of hydrogen-bond donors (Lipinski definition) is 4. The van der Waals surface area contributed by atoms with E-state index in [2.05, 4.69) is 0 Å². The van der Waals surface area contributed by atoms with Gasteiger partial charge in [-0.15, -0.1) is 0 Å². The van der Waals surface area contributed by atoms with Crippen molar-refractivity contribution in [2.75, 3.05) is 7.11 Å². The highest BCUT2D eigenvalue weighted by molar-refractivity contribution is 5.74. The predicted octanol–water partition coefficient (Wildman–Crippen LogP) is 1.96. The molecule has 4 N–H and O–H groups in total. The smallest absolute Gasteiger partial charge is 0.315 e. The third-order valence-corrected chi connectivity index (χ3v) is 3.90. The number of ether oxygens (including phenoxy) is 1. The van der Waals surface area contributed by atoms with Crippen LogP contribution in [0, 0.1) is 10.1 Å². The highest BCUT2D eigenvalue weighted by atomic mass is 16.6. The molecule has 2 rings (SSSR count). The van der Waals surface area contributed by atoms with Crippen molar-refractivity contribution in [2.24, 2.45) is 0 Å². The van der Waals surface area contributed by atoms with Gasteiger partial charge < -0.3 is 25.2 Å². The van der Waals surface area contributed by atoms with Crippen LogP contribution in [-0.2, 0) is 19.8 Å². The molecule has 0 amide bonds. The molecule has 0 radical (unpaired) electrons. The zero-order chi connectivity index (χ0) is 19.3. The van der Waals surface area contributed by atoms with Crippen LogP contribution in [0.1, 0.15) is 27.8 Å². The van der Waals surface area contributed by atoms with Crippen LogP contribution in [0.15, 0.2) is 24.3 Å². The maximum Gasteiger partial charge on any atom is 0.315 e. The van der Waals surface area contributed by atoms with Crippen LogP contribution < -0.4 is 4.74 Å². The topological polar surface area (TPSA) is 133 Å². The minimum Gasteiger partial charge on any atom is -0.504 e. The number of nitro benzene ring substituents is 1. The average molecular weight is 361 g/mol. The summed E-state index contributed by atoms with van der Waals surface area (Å²) in [5, 5.41) is 49.2. The second-order valence-electron chi connectivity index (χ2n) is 5.47. The van der Waals surface area contributed by atoms with Crippen LogP contribution >= 0.6 is 0 Å². The Balaban J connectivity index is 2.46. The fourth-order valence-corrected chi connectivity index (χ4v) is 2.66. The Morgan fingerprint density at radius 1 is 1.00 bits per heavy atom. The number of aliphatic hydroxyl groups is 3. The first-order valence-electron chi connectivity index (χ1n) is 7.65. The van der Waals surface area contributed by atoms with E-state index in [0.29, 0.717) is 27.8 Å². The van der Waals surface area contributed by atoms with Gasteiger partial charge in [-0.05, 0) is 46.0 Å². The summed E-state index contributed by atoms with van der Waals surface area (Å²) in [5.41, 5.74) is 2.04. The molecule has 0 aliphatic heterocycles. The summed E-state index contributed by atoms with van der Waals surface area (Å²) in [4.78, 5) is 10.5. The SMILES string of the molecule is COc1c(O)cc(/C=C\c2cc(CO)c(CO)c(CO)c2)cc1[N+](=O)[O-]. The standard InChI is InChI=1S/C18H19NO7/c1-26-18-16(19(24)25)6-12(7-17(18)23)3-2-11-4-13(8-20)15(10-22)14(5-11)9-21/h2-7,20-23H,8-10H2,1H3/b3-2-. The number of hydrogen-bond acceptors (Lipinski definition) is 7. The summed E-state index contributed by atoms with van der Waals surface area (Å²) >= 11 is 0. The van der Waals surface area contributed by atoms with Crippen molar-refractivity contribution in [1.82, 2.24) is 0 Å². The molecule has 8 nitrogen and oxygen atoms in total. The molecule has 0 fully saturated rings. The van der Waals surface area contributed by atoms with E-state index in [1.54, 1.807) is 24.3 Å². The van der Waals surface area contributed by atoms with Crippen molar-refractivity contribution in [2.45, 2.75) is 19.8 Å². The van der Waals surface area contributed by atoms with E-state index in [0.717, 1.165) is 0 Å². The average Bonchev–Trinajstić information content (AvgIpc) is 2.64. The number of nitrogens with zero attached hydrogens (tertiary/aromatic N) is 1. The Morgan fingerprint density at radius 3 is 1.96 bits per heavy atom. The lowest BCUT2D eigenvalue weighted by Gasteiger charge is -2.11. The van der Waals surface area contributed by atoms with Crippen molar-refractivity contribution in [3.63, 3.8) is 0 Å². The van der Waals surface area contributed by atoms with Gasteiger partial charge in [-0.25, -0.2) is 0 Å². The highest BCUT2D eigenvalue weighted by Crippen LogP contribution is 2.37. The van der Waals surface area contributed by atoms with Crippen LogP contribution in [0.2, 0.25) is 0 Å². The van der Waals surface area contributed by atoms with Crippen LogP contribution in [0.25, 0.3) is 12.2 Å². The number of benzene rings is 2. The summed E-state index contributed by atoms with van der Waals surface area (Å²) < 4.78 is 4.85. The quantitative estimate of drug-likeness (QED) is 0.336. The Morgan fingerprint density at radius 2 is 1.54 bits per heavy atom. The van der Waals surface area contributed by atoms with Gasteiger partial charge in [0.15, 0.2) is 5.75 Å². The number of aliphatic hydroxyl groups excluding tert-OH is 3.